The Morgan fingerprint density at radius 1 is 1.48 bits per heavy atom. The van der Waals surface area contributed by atoms with Crippen LogP contribution in [-0.4, -0.2) is 44.4 Å². The lowest BCUT2D eigenvalue weighted by molar-refractivity contribution is 0.186. The summed E-state index contributed by atoms with van der Waals surface area (Å²) in [5.74, 6) is 0.247. The summed E-state index contributed by atoms with van der Waals surface area (Å²) in [6.07, 6.45) is 0.893. The van der Waals surface area contributed by atoms with Crippen molar-refractivity contribution in [3.63, 3.8) is 0 Å². The number of H-pyrrole nitrogens is 1. The van der Waals surface area contributed by atoms with Crippen LogP contribution in [0.25, 0.3) is 0 Å². The molecule has 0 aromatic carbocycles. The van der Waals surface area contributed by atoms with Crippen LogP contribution in [0, 0.1) is 12.8 Å². The largest absolute Gasteiger partial charge is 0.381 e. The van der Waals surface area contributed by atoms with Crippen LogP contribution in [0.3, 0.4) is 0 Å². The number of sulfonamides is 1. The number of hydrogen-bond acceptors (Lipinski definition) is 5. The van der Waals surface area contributed by atoms with Crippen LogP contribution < -0.4 is 10.0 Å². The first-order valence-electron chi connectivity index (χ1n) is 7.24. The monoisotopic (exact) mass is 316 g/mol. The van der Waals surface area contributed by atoms with Gasteiger partial charge in [-0.05, 0) is 19.3 Å². The summed E-state index contributed by atoms with van der Waals surface area (Å²) in [5, 5.41) is 10.0. The molecule has 120 valence electrons. The van der Waals surface area contributed by atoms with Gasteiger partial charge in [0.2, 0.25) is 0 Å². The van der Waals surface area contributed by atoms with Crippen molar-refractivity contribution in [1.82, 2.24) is 20.2 Å². The number of aromatic amines is 1. The van der Waals surface area contributed by atoms with Crippen LogP contribution in [0.5, 0.6) is 0 Å². The molecular weight excluding hydrogens is 292 g/mol. The lowest BCUT2D eigenvalue weighted by Crippen LogP contribution is -2.31. The van der Waals surface area contributed by atoms with Gasteiger partial charge in [-0.25, -0.2) is 13.1 Å². The van der Waals surface area contributed by atoms with Gasteiger partial charge in [0.25, 0.3) is 10.0 Å². The van der Waals surface area contributed by atoms with Gasteiger partial charge in [-0.1, -0.05) is 13.8 Å². The highest BCUT2D eigenvalue weighted by atomic mass is 32.2. The molecule has 21 heavy (non-hydrogen) atoms. The lowest BCUT2D eigenvalue weighted by atomic mass is 10.1. The average molecular weight is 316 g/mol. The van der Waals surface area contributed by atoms with Crippen LogP contribution in [0.1, 0.15) is 31.5 Å². The maximum absolute atomic E-state index is 12.4. The van der Waals surface area contributed by atoms with Crippen molar-refractivity contribution in [2.24, 2.45) is 5.92 Å². The van der Waals surface area contributed by atoms with Crippen molar-refractivity contribution >= 4 is 10.0 Å². The quantitative estimate of drug-likeness (QED) is 0.682. The van der Waals surface area contributed by atoms with E-state index in [0.717, 1.165) is 12.1 Å². The topological polar surface area (TPSA) is 96.1 Å². The van der Waals surface area contributed by atoms with E-state index in [-0.39, 0.29) is 17.0 Å². The van der Waals surface area contributed by atoms with Gasteiger partial charge in [-0.2, -0.15) is 5.10 Å². The fourth-order valence-electron chi connectivity index (χ4n) is 2.21. The predicted molar refractivity (Wildman–Crippen MR) is 79.4 cm³/mol. The summed E-state index contributed by atoms with van der Waals surface area (Å²) < 4.78 is 32.7. The van der Waals surface area contributed by atoms with E-state index in [0.29, 0.717) is 31.9 Å². The molecule has 1 aliphatic rings. The molecule has 1 atom stereocenters. The zero-order valence-corrected chi connectivity index (χ0v) is 13.6. The Morgan fingerprint density at radius 3 is 2.86 bits per heavy atom. The molecule has 0 bridgehead atoms. The van der Waals surface area contributed by atoms with Crippen molar-refractivity contribution in [2.75, 3.05) is 19.8 Å². The molecule has 1 fully saturated rings. The number of aryl methyl sites for hydroxylation is 1. The normalized spacial score (nSPS) is 19.5. The molecule has 2 heterocycles. The molecule has 8 heteroatoms. The van der Waals surface area contributed by atoms with Gasteiger partial charge in [0.05, 0.1) is 6.61 Å². The van der Waals surface area contributed by atoms with E-state index >= 15 is 0 Å². The highest BCUT2D eigenvalue weighted by molar-refractivity contribution is 7.89. The minimum absolute atomic E-state index is 0.0899. The zero-order chi connectivity index (χ0) is 15.5. The second-order valence-electron chi connectivity index (χ2n) is 5.75. The molecule has 1 saturated heterocycles. The highest BCUT2D eigenvalue weighted by Gasteiger charge is 2.25. The molecule has 0 saturated carbocycles. The van der Waals surface area contributed by atoms with Crippen LogP contribution in [0.4, 0.5) is 0 Å². The van der Waals surface area contributed by atoms with Gasteiger partial charge >= 0.3 is 0 Å². The van der Waals surface area contributed by atoms with Gasteiger partial charge < -0.3 is 10.1 Å². The SMILES string of the molecule is Cc1[nH]nc(S(=O)(=O)NCC2CCOC2)c1CNC(C)C. The Labute approximate surface area is 125 Å². The number of nitrogens with zero attached hydrogens (tertiary/aromatic N) is 1. The summed E-state index contributed by atoms with van der Waals surface area (Å²) in [5.41, 5.74) is 1.46. The third kappa shape index (κ3) is 4.26. The third-order valence-corrected chi connectivity index (χ3v) is 4.96. The summed E-state index contributed by atoms with van der Waals surface area (Å²) in [4.78, 5) is 0. The van der Waals surface area contributed by atoms with Crippen molar-refractivity contribution < 1.29 is 13.2 Å². The molecule has 1 aromatic heterocycles. The smallest absolute Gasteiger partial charge is 0.260 e. The van der Waals surface area contributed by atoms with Gasteiger partial charge in [0.15, 0.2) is 5.03 Å². The first-order chi connectivity index (χ1) is 9.90. The van der Waals surface area contributed by atoms with E-state index in [2.05, 4.69) is 20.2 Å². The minimum atomic E-state index is -3.59. The molecule has 0 amide bonds. The summed E-state index contributed by atoms with van der Waals surface area (Å²) >= 11 is 0. The van der Waals surface area contributed by atoms with Gasteiger partial charge in [-0.15, -0.1) is 0 Å². The third-order valence-electron chi connectivity index (χ3n) is 3.56. The molecule has 2 rings (SSSR count). The molecular formula is C13H24N4O3S. The Morgan fingerprint density at radius 2 is 2.24 bits per heavy atom. The van der Waals surface area contributed by atoms with Crippen LogP contribution >= 0.6 is 0 Å². The minimum Gasteiger partial charge on any atom is -0.381 e. The summed E-state index contributed by atoms with van der Waals surface area (Å²) in [6, 6.07) is 0.276. The van der Waals surface area contributed by atoms with E-state index in [4.69, 9.17) is 4.74 Å². The fourth-order valence-corrected chi connectivity index (χ4v) is 3.51. The second kappa shape index (κ2) is 6.87. The fraction of sp³-hybridized carbons (Fsp3) is 0.769. The predicted octanol–water partition coefficient (Wildman–Crippen LogP) is 0.531. The molecule has 0 radical (unpaired) electrons. The Balaban J connectivity index is 2.07. The zero-order valence-electron chi connectivity index (χ0n) is 12.8. The van der Waals surface area contributed by atoms with Crippen molar-refractivity contribution in [2.45, 2.75) is 44.8 Å². The molecule has 3 N–H and O–H groups in total. The van der Waals surface area contributed by atoms with E-state index in [1.54, 1.807) is 0 Å². The van der Waals surface area contributed by atoms with Crippen LogP contribution in [0.2, 0.25) is 0 Å². The van der Waals surface area contributed by atoms with Gasteiger partial charge in [-0.3, -0.25) is 5.10 Å². The molecule has 1 aromatic rings. The molecule has 0 aliphatic carbocycles. The lowest BCUT2D eigenvalue weighted by Gasteiger charge is -2.12. The van der Waals surface area contributed by atoms with E-state index in [9.17, 15) is 8.42 Å². The first-order valence-corrected chi connectivity index (χ1v) is 8.73. The van der Waals surface area contributed by atoms with Crippen LogP contribution in [-0.2, 0) is 21.3 Å². The van der Waals surface area contributed by atoms with E-state index in [1.165, 1.54) is 0 Å². The molecule has 1 aliphatic heterocycles. The molecule has 0 spiro atoms. The average Bonchev–Trinajstić information content (AvgIpc) is 3.03. The standard InChI is InChI=1S/C13H24N4O3S/c1-9(2)14-7-12-10(3)16-17-13(12)21(18,19)15-6-11-4-5-20-8-11/h9,11,14-15H,4-8H2,1-3H3,(H,16,17). The molecule has 7 nitrogen and oxygen atoms in total. The Bertz CT molecular complexity index is 562. The van der Waals surface area contributed by atoms with Gasteiger partial charge in [0.1, 0.15) is 0 Å². The van der Waals surface area contributed by atoms with E-state index < -0.39 is 10.0 Å². The maximum Gasteiger partial charge on any atom is 0.260 e. The van der Waals surface area contributed by atoms with Crippen molar-refractivity contribution in [3.05, 3.63) is 11.3 Å². The van der Waals surface area contributed by atoms with Crippen molar-refractivity contribution in [1.29, 1.82) is 0 Å². The van der Waals surface area contributed by atoms with Crippen LogP contribution in [0.15, 0.2) is 5.03 Å². The number of rotatable bonds is 7. The number of aromatic nitrogens is 2. The summed E-state index contributed by atoms with van der Waals surface area (Å²) in [6.45, 7) is 8.05. The summed E-state index contributed by atoms with van der Waals surface area (Å²) in [7, 11) is -3.59. The Hall–Kier alpha value is -0.960. The Kier molecular flexibility index (Phi) is 5.37. The van der Waals surface area contributed by atoms with Gasteiger partial charge in [0, 0.05) is 37.0 Å². The number of nitrogens with one attached hydrogen (secondary N) is 3. The second-order valence-corrected chi connectivity index (χ2v) is 7.43. The molecule has 1 unspecified atom stereocenters. The highest BCUT2D eigenvalue weighted by Crippen LogP contribution is 2.17. The number of ether oxygens (including phenoxy) is 1. The van der Waals surface area contributed by atoms with Crippen molar-refractivity contribution in [3.8, 4) is 0 Å². The number of hydrogen-bond donors (Lipinski definition) is 3. The first kappa shape index (κ1) is 16.4. The van der Waals surface area contributed by atoms with E-state index in [1.807, 2.05) is 20.8 Å². The maximum atomic E-state index is 12.4.